The number of ether oxygens (including phenoxy) is 1. The SMILES string of the molecule is Oc1ccc(Cl)c(Oc2ccc(Cl)cc2)c1Cl. The Morgan fingerprint density at radius 1 is 0.882 bits per heavy atom. The number of aromatic hydroxyl groups is 1. The molecule has 0 aliphatic heterocycles. The fourth-order valence-corrected chi connectivity index (χ4v) is 1.81. The number of phenolic OH excluding ortho intramolecular Hbond substituents is 1. The molecule has 0 saturated heterocycles. The molecule has 0 amide bonds. The van der Waals surface area contributed by atoms with E-state index in [1.165, 1.54) is 12.1 Å². The summed E-state index contributed by atoms with van der Waals surface area (Å²) in [5.41, 5.74) is 0. The van der Waals surface area contributed by atoms with Gasteiger partial charge in [-0.25, -0.2) is 0 Å². The van der Waals surface area contributed by atoms with E-state index in [-0.39, 0.29) is 16.5 Å². The van der Waals surface area contributed by atoms with Crippen molar-refractivity contribution in [1.82, 2.24) is 0 Å². The summed E-state index contributed by atoms with van der Waals surface area (Å²) in [7, 11) is 0. The van der Waals surface area contributed by atoms with Crippen molar-refractivity contribution in [2.75, 3.05) is 0 Å². The average Bonchev–Trinajstić information content (AvgIpc) is 2.32. The zero-order valence-electron chi connectivity index (χ0n) is 8.45. The number of rotatable bonds is 2. The molecule has 88 valence electrons. The first-order valence-corrected chi connectivity index (χ1v) is 5.81. The molecule has 0 aromatic heterocycles. The molecule has 5 heteroatoms. The molecule has 0 bridgehead atoms. The lowest BCUT2D eigenvalue weighted by atomic mass is 10.3. The predicted octanol–water partition coefficient (Wildman–Crippen LogP) is 5.14. The Hall–Kier alpha value is -1.09. The highest BCUT2D eigenvalue weighted by Crippen LogP contribution is 2.41. The van der Waals surface area contributed by atoms with Crippen LogP contribution in [0.25, 0.3) is 0 Å². The third-order valence-corrected chi connectivity index (χ3v) is 2.98. The van der Waals surface area contributed by atoms with Crippen LogP contribution >= 0.6 is 34.8 Å². The van der Waals surface area contributed by atoms with Crippen LogP contribution in [-0.2, 0) is 0 Å². The first kappa shape index (κ1) is 12.4. The first-order valence-electron chi connectivity index (χ1n) is 4.68. The van der Waals surface area contributed by atoms with Crippen LogP contribution in [0.2, 0.25) is 15.1 Å². The molecular formula is C12H7Cl3O2. The molecule has 2 rings (SSSR count). The van der Waals surface area contributed by atoms with E-state index in [4.69, 9.17) is 39.5 Å². The maximum absolute atomic E-state index is 9.45. The van der Waals surface area contributed by atoms with Gasteiger partial charge in [-0.05, 0) is 36.4 Å². The zero-order chi connectivity index (χ0) is 12.4. The van der Waals surface area contributed by atoms with Gasteiger partial charge in [-0.2, -0.15) is 0 Å². The van der Waals surface area contributed by atoms with Crippen molar-refractivity contribution in [2.24, 2.45) is 0 Å². The van der Waals surface area contributed by atoms with Crippen molar-refractivity contribution < 1.29 is 9.84 Å². The zero-order valence-corrected chi connectivity index (χ0v) is 10.7. The molecular weight excluding hydrogens is 282 g/mol. The Morgan fingerprint density at radius 3 is 2.18 bits per heavy atom. The summed E-state index contributed by atoms with van der Waals surface area (Å²) in [5.74, 6) is 0.666. The normalized spacial score (nSPS) is 10.3. The Morgan fingerprint density at radius 2 is 1.53 bits per heavy atom. The van der Waals surface area contributed by atoms with Gasteiger partial charge in [0.15, 0.2) is 5.75 Å². The van der Waals surface area contributed by atoms with E-state index in [1.54, 1.807) is 24.3 Å². The summed E-state index contributed by atoms with van der Waals surface area (Å²) in [5, 5.41) is 10.5. The van der Waals surface area contributed by atoms with E-state index in [2.05, 4.69) is 0 Å². The minimum absolute atomic E-state index is 0.0763. The molecule has 0 atom stereocenters. The van der Waals surface area contributed by atoms with Crippen LogP contribution < -0.4 is 4.74 Å². The van der Waals surface area contributed by atoms with Gasteiger partial charge in [0.2, 0.25) is 0 Å². The second-order valence-corrected chi connectivity index (χ2v) is 4.49. The summed E-state index contributed by atoms with van der Waals surface area (Å²) in [6, 6.07) is 9.63. The molecule has 0 aliphatic rings. The van der Waals surface area contributed by atoms with Crippen LogP contribution in [0.1, 0.15) is 0 Å². The van der Waals surface area contributed by atoms with Crippen LogP contribution in [0, 0.1) is 0 Å². The van der Waals surface area contributed by atoms with Crippen LogP contribution in [-0.4, -0.2) is 5.11 Å². The Labute approximate surface area is 113 Å². The van der Waals surface area contributed by atoms with E-state index in [9.17, 15) is 5.11 Å². The molecule has 1 N–H and O–H groups in total. The van der Waals surface area contributed by atoms with E-state index in [0.29, 0.717) is 15.8 Å². The highest BCUT2D eigenvalue weighted by atomic mass is 35.5. The summed E-state index contributed by atoms with van der Waals surface area (Å²) >= 11 is 17.6. The maximum Gasteiger partial charge on any atom is 0.168 e. The number of hydrogen-bond donors (Lipinski definition) is 1. The van der Waals surface area contributed by atoms with Gasteiger partial charge in [0.05, 0.1) is 5.02 Å². The lowest BCUT2D eigenvalue weighted by Crippen LogP contribution is -1.86. The second kappa shape index (κ2) is 5.05. The van der Waals surface area contributed by atoms with E-state index in [0.717, 1.165) is 0 Å². The molecule has 17 heavy (non-hydrogen) atoms. The van der Waals surface area contributed by atoms with Crippen molar-refractivity contribution >= 4 is 34.8 Å². The van der Waals surface area contributed by atoms with Gasteiger partial charge in [-0.1, -0.05) is 34.8 Å². The molecule has 0 spiro atoms. The minimum Gasteiger partial charge on any atom is -0.506 e. The van der Waals surface area contributed by atoms with Crippen LogP contribution in [0.3, 0.4) is 0 Å². The van der Waals surface area contributed by atoms with Gasteiger partial charge in [0.25, 0.3) is 0 Å². The van der Waals surface area contributed by atoms with Gasteiger partial charge in [0, 0.05) is 5.02 Å². The lowest BCUT2D eigenvalue weighted by Gasteiger charge is -2.10. The minimum atomic E-state index is -0.0833. The number of hydrogen-bond acceptors (Lipinski definition) is 2. The topological polar surface area (TPSA) is 29.5 Å². The van der Waals surface area contributed by atoms with Crippen molar-refractivity contribution in [3.8, 4) is 17.2 Å². The van der Waals surface area contributed by atoms with Crippen LogP contribution in [0.5, 0.6) is 17.2 Å². The predicted molar refractivity (Wildman–Crippen MR) is 69.7 cm³/mol. The van der Waals surface area contributed by atoms with Crippen LogP contribution in [0.4, 0.5) is 0 Å². The molecule has 2 aromatic carbocycles. The number of halogens is 3. The fraction of sp³-hybridized carbons (Fsp3) is 0. The molecule has 0 unspecified atom stereocenters. The van der Waals surface area contributed by atoms with E-state index < -0.39 is 0 Å². The molecule has 2 nitrogen and oxygen atoms in total. The van der Waals surface area contributed by atoms with Crippen molar-refractivity contribution in [3.63, 3.8) is 0 Å². The van der Waals surface area contributed by atoms with E-state index in [1.807, 2.05) is 0 Å². The third kappa shape index (κ3) is 2.78. The fourth-order valence-electron chi connectivity index (χ4n) is 1.24. The Balaban J connectivity index is 2.36. The van der Waals surface area contributed by atoms with Crippen molar-refractivity contribution in [3.05, 3.63) is 51.5 Å². The van der Waals surface area contributed by atoms with E-state index >= 15 is 0 Å². The Kier molecular flexibility index (Phi) is 3.67. The molecule has 0 radical (unpaired) electrons. The lowest BCUT2D eigenvalue weighted by molar-refractivity contribution is 0.456. The standard InChI is InChI=1S/C12H7Cl3O2/c13-7-1-3-8(4-2-7)17-12-9(14)5-6-10(16)11(12)15/h1-6,16H. The average molecular weight is 290 g/mol. The quantitative estimate of drug-likeness (QED) is 0.829. The number of phenols is 1. The van der Waals surface area contributed by atoms with Gasteiger partial charge in [-0.3, -0.25) is 0 Å². The number of benzene rings is 2. The second-order valence-electron chi connectivity index (χ2n) is 3.27. The summed E-state index contributed by atoms with van der Waals surface area (Å²) < 4.78 is 5.49. The molecule has 0 aliphatic carbocycles. The van der Waals surface area contributed by atoms with Gasteiger partial charge >= 0.3 is 0 Å². The maximum atomic E-state index is 9.45. The van der Waals surface area contributed by atoms with Crippen LogP contribution in [0.15, 0.2) is 36.4 Å². The largest absolute Gasteiger partial charge is 0.506 e. The molecule has 0 heterocycles. The Bertz CT molecular complexity index is 538. The molecule has 0 saturated carbocycles. The first-order chi connectivity index (χ1) is 8.08. The van der Waals surface area contributed by atoms with Crippen molar-refractivity contribution in [1.29, 1.82) is 0 Å². The summed E-state index contributed by atoms with van der Waals surface area (Å²) in [6.07, 6.45) is 0. The van der Waals surface area contributed by atoms with Gasteiger partial charge < -0.3 is 9.84 Å². The van der Waals surface area contributed by atoms with Gasteiger partial charge in [-0.15, -0.1) is 0 Å². The third-order valence-electron chi connectivity index (χ3n) is 2.06. The molecule has 2 aromatic rings. The summed E-state index contributed by atoms with van der Waals surface area (Å²) in [6.45, 7) is 0. The summed E-state index contributed by atoms with van der Waals surface area (Å²) in [4.78, 5) is 0. The highest BCUT2D eigenvalue weighted by molar-refractivity contribution is 6.38. The van der Waals surface area contributed by atoms with Crippen molar-refractivity contribution in [2.45, 2.75) is 0 Å². The smallest absolute Gasteiger partial charge is 0.168 e. The van der Waals surface area contributed by atoms with Gasteiger partial charge in [0.1, 0.15) is 16.5 Å². The molecule has 0 fully saturated rings. The monoisotopic (exact) mass is 288 g/mol. The highest BCUT2D eigenvalue weighted by Gasteiger charge is 2.12.